The van der Waals surface area contributed by atoms with Gasteiger partial charge in [-0.25, -0.2) is 0 Å². The van der Waals surface area contributed by atoms with Gasteiger partial charge in [0, 0.05) is 23.7 Å². The van der Waals surface area contributed by atoms with Crippen molar-refractivity contribution in [3.63, 3.8) is 0 Å². The third-order valence-electron chi connectivity index (χ3n) is 5.45. The molecule has 4 rings (SSSR count). The highest BCUT2D eigenvalue weighted by molar-refractivity contribution is 6.04. The zero-order chi connectivity index (χ0) is 24.2. The fourth-order valence-electron chi connectivity index (χ4n) is 3.62. The van der Waals surface area contributed by atoms with E-state index in [1.807, 2.05) is 19.1 Å². The van der Waals surface area contributed by atoms with Crippen molar-refractivity contribution in [2.75, 3.05) is 5.32 Å². The Labute approximate surface area is 198 Å². The minimum atomic E-state index is -0.891. The summed E-state index contributed by atoms with van der Waals surface area (Å²) in [5.41, 5.74) is 4.01. The average molecular weight is 456 g/mol. The van der Waals surface area contributed by atoms with Crippen LogP contribution in [0.25, 0.3) is 0 Å². The maximum absolute atomic E-state index is 12.5. The highest BCUT2D eigenvalue weighted by Crippen LogP contribution is 2.37. The number of hydrazone groups is 1. The van der Waals surface area contributed by atoms with Gasteiger partial charge < -0.3 is 15.2 Å². The number of nitrogens with zero attached hydrogens (tertiary/aromatic N) is 2. The molecule has 0 fully saturated rings. The molecule has 7 nitrogen and oxygen atoms in total. The van der Waals surface area contributed by atoms with Crippen molar-refractivity contribution >= 4 is 23.4 Å². The van der Waals surface area contributed by atoms with E-state index in [9.17, 15) is 14.7 Å². The van der Waals surface area contributed by atoms with Crippen LogP contribution in [0.2, 0.25) is 0 Å². The summed E-state index contributed by atoms with van der Waals surface area (Å²) in [4.78, 5) is 24.7. The van der Waals surface area contributed by atoms with E-state index >= 15 is 0 Å². The molecule has 0 saturated heterocycles. The first-order chi connectivity index (χ1) is 16.4. The molecule has 0 bridgehead atoms. The van der Waals surface area contributed by atoms with Gasteiger partial charge >= 0.3 is 0 Å². The summed E-state index contributed by atoms with van der Waals surface area (Å²) in [7, 11) is 0. The summed E-state index contributed by atoms with van der Waals surface area (Å²) < 4.78 is 6.00. The fourth-order valence-corrected chi connectivity index (χ4v) is 3.62. The van der Waals surface area contributed by atoms with Crippen LogP contribution in [0.3, 0.4) is 0 Å². The van der Waals surface area contributed by atoms with Gasteiger partial charge in [0.2, 0.25) is 18.0 Å². The number of benzene rings is 3. The Hall–Kier alpha value is -4.39. The van der Waals surface area contributed by atoms with E-state index in [1.54, 1.807) is 60.7 Å². The third kappa shape index (κ3) is 4.68. The highest BCUT2D eigenvalue weighted by Gasteiger charge is 2.35. The minimum absolute atomic E-state index is 0.0456. The number of hydrogen-bond acceptors (Lipinski definition) is 5. The van der Waals surface area contributed by atoms with E-state index < -0.39 is 6.23 Å². The van der Waals surface area contributed by atoms with Crippen LogP contribution >= 0.6 is 0 Å². The van der Waals surface area contributed by atoms with E-state index in [0.29, 0.717) is 34.4 Å². The number of aryl methyl sites for hydroxylation is 1. The first kappa shape index (κ1) is 22.8. The molecule has 1 atom stereocenters. The van der Waals surface area contributed by atoms with E-state index in [-0.39, 0.29) is 23.5 Å². The van der Waals surface area contributed by atoms with Crippen LogP contribution in [0.1, 0.15) is 45.8 Å². The monoisotopic (exact) mass is 455 g/mol. The molecular weight excluding hydrogens is 430 g/mol. The van der Waals surface area contributed by atoms with Crippen LogP contribution in [0.5, 0.6) is 5.75 Å². The van der Waals surface area contributed by atoms with Gasteiger partial charge in [-0.05, 0) is 61.4 Å². The Balaban J connectivity index is 1.53. The lowest BCUT2D eigenvalue weighted by Gasteiger charge is -2.21. The predicted octanol–water partition coefficient (Wildman–Crippen LogP) is 4.92. The van der Waals surface area contributed by atoms with Crippen molar-refractivity contribution in [1.82, 2.24) is 5.01 Å². The van der Waals surface area contributed by atoms with Crippen molar-refractivity contribution in [1.29, 1.82) is 0 Å². The molecule has 0 saturated carbocycles. The molecule has 0 unspecified atom stereocenters. The summed E-state index contributed by atoms with van der Waals surface area (Å²) in [6.07, 6.45) is 1.28. The SMILES string of the molecule is C=CCc1cccc([C@H]2OC(c3ccc(NC(=O)c4ccc(C)cc4)cc3)=NN2C(C)=O)c1O. The van der Waals surface area contributed by atoms with Crippen LogP contribution in [-0.4, -0.2) is 27.8 Å². The maximum Gasteiger partial charge on any atom is 0.255 e. The molecule has 34 heavy (non-hydrogen) atoms. The molecular formula is C27H25N3O4. The number of nitrogens with one attached hydrogen (secondary N) is 1. The normalized spacial score (nSPS) is 14.8. The summed E-state index contributed by atoms with van der Waals surface area (Å²) >= 11 is 0. The number of ether oxygens (including phenoxy) is 1. The summed E-state index contributed by atoms with van der Waals surface area (Å²) in [6.45, 7) is 7.06. The van der Waals surface area contributed by atoms with Crippen LogP contribution < -0.4 is 5.32 Å². The molecule has 0 aliphatic carbocycles. The number of aromatic hydroxyl groups is 1. The van der Waals surface area contributed by atoms with Gasteiger partial charge in [-0.3, -0.25) is 9.59 Å². The Bertz CT molecular complexity index is 1260. The topological polar surface area (TPSA) is 91.2 Å². The van der Waals surface area contributed by atoms with E-state index in [2.05, 4.69) is 17.0 Å². The standard InChI is InChI=1S/C27H25N3O4/c1-4-6-19-7-5-8-23(24(19)32)27-30(18(3)31)29-26(34-27)21-13-15-22(16-14-21)28-25(33)20-11-9-17(2)10-12-20/h4-5,7-16,27,32H,1,6H2,2-3H3,(H,28,33)/t27-/m1/s1. The lowest BCUT2D eigenvalue weighted by atomic mass is 10.0. The van der Waals surface area contributed by atoms with E-state index in [0.717, 1.165) is 5.56 Å². The van der Waals surface area contributed by atoms with Gasteiger partial charge in [0.05, 0.1) is 5.56 Å². The number of anilines is 1. The Morgan fingerprint density at radius 3 is 2.47 bits per heavy atom. The lowest BCUT2D eigenvalue weighted by molar-refractivity contribution is -0.135. The molecule has 2 N–H and O–H groups in total. The average Bonchev–Trinajstić information content (AvgIpc) is 3.27. The largest absolute Gasteiger partial charge is 0.507 e. The molecule has 0 spiro atoms. The molecule has 3 aromatic rings. The van der Waals surface area contributed by atoms with Crippen molar-refractivity contribution in [2.24, 2.45) is 5.10 Å². The number of rotatable bonds is 6. The van der Waals surface area contributed by atoms with Gasteiger partial charge in [-0.2, -0.15) is 5.01 Å². The number of phenolic OH excluding ortho intramolecular Hbond substituents is 1. The second-order valence-electron chi connectivity index (χ2n) is 7.98. The second kappa shape index (κ2) is 9.62. The minimum Gasteiger partial charge on any atom is -0.507 e. The van der Waals surface area contributed by atoms with Crippen LogP contribution in [0.4, 0.5) is 5.69 Å². The Morgan fingerprint density at radius 2 is 1.82 bits per heavy atom. The molecule has 7 heteroatoms. The van der Waals surface area contributed by atoms with Crippen molar-refractivity contribution in [3.8, 4) is 5.75 Å². The van der Waals surface area contributed by atoms with Gasteiger partial charge in [-0.1, -0.05) is 35.9 Å². The lowest BCUT2D eigenvalue weighted by Crippen LogP contribution is -2.25. The maximum atomic E-state index is 12.5. The van der Waals surface area contributed by atoms with Crippen molar-refractivity contribution in [2.45, 2.75) is 26.5 Å². The van der Waals surface area contributed by atoms with E-state index in [4.69, 9.17) is 4.74 Å². The molecule has 2 amide bonds. The number of allylic oxidation sites excluding steroid dienone is 1. The molecule has 1 aliphatic rings. The number of amides is 2. The first-order valence-electron chi connectivity index (χ1n) is 10.8. The van der Waals surface area contributed by atoms with Crippen molar-refractivity contribution < 1.29 is 19.4 Å². The summed E-state index contributed by atoms with van der Waals surface area (Å²) in [6, 6.07) is 19.6. The number of carbonyl (C=O) groups is 2. The molecule has 0 aromatic heterocycles. The predicted molar refractivity (Wildman–Crippen MR) is 130 cm³/mol. The Morgan fingerprint density at radius 1 is 1.12 bits per heavy atom. The number of phenols is 1. The van der Waals surface area contributed by atoms with Crippen molar-refractivity contribution in [3.05, 3.63) is 107 Å². The number of carbonyl (C=O) groups excluding carboxylic acids is 2. The molecule has 172 valence electrons. The zero-order valence-corrected chi connectivity index (χ0v) is 19.0. The third-order valence-corrected chi connectivity index (χ3v) is 5.45. The van der Waals surface area contributed by atoms with Gasteiger partial charge in [0.15, 0.2) is 0 Å². The Kier molecular flexibility index (Phi) is 6.45. The van der Waals surface area contributed by atoms with Crippen LogP contribution in [-0.2, 0) is 16.0 Å². The molecule has 1 heterocycles. The number of para-hydroxylation sites is 1. The first-order valence-corrected chi connectivity index (χ1v) is 10.8. The second-order valence-corrected chi connectivity index (χ2v) is 7.98. The summed E-state index contributed by atoms with van der Waals surface area (Å²) in [5.74, 6) is -0.246. The number of hydrogen-bond donors (Lipinski definition) is 2. The molecule has 0 radical (unpaired) electrons. The quantitative estimate of drug-likeness (QED) is 0.516. The summed E-state index contributed by atoms with van der Waals surface area (Å²) in [5, 5.41) is 19.1. The zero-order valence-electron chi connectivity index (χ0n) is 19.0. The van der Waals surface area contributed by atoms with Gasteiger partial charge in [-0.15, -0.1) is 11.7 Å². The van der Waals surface area contributed by atoms with Gasteiger partial charge in [0.25, 0.3) is 5.91 Å². The van der Waals surface area contributed by atoms with Crippen LogP contribution in [0.15, 0.2) is 84.5 Å². The smallest absolute Gasteiger partial charge is 0.255 e. The molecule has 1 aliphatic heterocycles. The highest BCUT2D eigenvalue weighted by atomic mass is 16.5. The van der Waals surface area contributed by atoms with Gasteiger partial charge in [0.1, 0.15) is 5.75 Å². The van der Waals surface area contributed by atoms with Crippen LogP contribution in [0, 0.1) is 6.92 Å². The fraction of sp³-hybridized carbons (Fsp3) is 0.148. The van der Waals surface area contributed by atoms with E-state index in [1.165, 1.54) is 11.9 Å². The molecule has 3 aromatic carbocycles.